The number of aromatic amines is 1. The fourth-order valence-corrected chi connectivity index (χ4v) is 7.59. The van der Waals surface area contributed by atoms with Crippen molar-refractivity contribution in [3.63, 3.8) is 0 Å². The summed E-state index contributed by atoms with van der Waals surface area (Å²) in [5.41, 5.74) is 3.77. The molecule has 2 aromatic carbocycles. The van der Waals surface area contributed by atoms with Crippen molar-refractivity contribution < 1.29 is 27.6 Å². The van der Waals surface area contributed by atoms with E-state index in [4.69, 9.17) is 0 Å². The molecule has 0 aliphatic carbocycles. The number of urea groups is 1. The third-order valence-electron chi connectivity index (χ3n) is 8.62. The van der Waals surface area contributed by atoms with Crippen LogP contribution in [0.4, 0.5) is 23.7 Å². The molecule has 14 heteroatoms. The van der Waals surface area contributed by atoms with Crippen LogP contribution in [0, 0.1) is 5.92 Å². The third-order valence-corrected chi connectivity index (χ3v) is 9.82. The molecular weight excluding hydrogens is 697 g/mol. The van der Waals surface area contributed by atoms with Gasteiger partial charge in [-0.05, 0) is 86.4 Å². The zero-order valence-electron chi connectivity index (χ0n) is 23.0. The number of piperidine rings is 1. The van der Waals surface area contributed by atoms with E-state index in [2.05, 4.69) is 47.4 Å². The van der Waals surface area contributed by atoms with Gasteiger partial charge < -0.3 is 20.0 Å². The van der Waals surface area contributed by atoms with Crippen LogP contribution in [0.1, 0.15) is 36.0 Å². The van der Waals surface area contributed by atoms with Gasteiger partial charge in [0.2, 0.25) is 11.8 Å². The van der Waals surface area contributed by atoms with E-state index in [1.54, 1.807) is 11.0 Å². The second-order valence-electron chi connectivity index (χ2n) is 11.3. The van der Waals surface area contributed by atoms with Crippen LogP contribution in [-0.4, -0.2) is 81.1 Å². The lowest BCUT2D eigenvalue weighted by Crippen LogP contribution is -2.50. The Morgan fingerprint density at radius 1 is 1.07 bits per heavy atom. The fraction of sp³-hybridized carbons (Fsp3) is 0.448. The molecular formula is C29H29Br2F3N6O3. The van der Waals surface area contributed by atoms with Crippen LogP contribution in [0.5, 0.6) is 0 Å². The zero-order valence-corrected chi connectivity index (χ0v) is 26.2. The second kappa shape index (κ2) is 11.8. The molecule has 3 aliphatic rings. The van der Waals surface area contributed by atoms with Gasteiger partial charge in [0, 0.05) is 54.2 Å². The first-order valence-electron chi connectivity index (χ1n) is 14.1. The molecule has 0 saturated carbocycles. The lowest BCUT2D eigenvalue weighted by atomic mass is 9.92. The summed E-state index contributed by atoms with van der Waals surface area (Å²) in [5.74, 6) is -1.91. The molecule has 9 nitrogen and oxygen atoms in total. The first-order valence-corrected chi connectivity index (χ1v) is 15.7. The number of aromatic nitrogens is 2. The van der Waals surface area contributed by atoms with E-state index in [1.165, 1.54) is 0 Å². The van der Waals surface area contributed by atoms with Gasteiger partial charge in [0.1, 0.15) is 11.1 Å². The summed E-state index contributed by atoms with van der Waals surface area (Å²) < 4.78 is 41.9. The van der Waals surface area contributed by atoms with Gasteiger partial charge in [-0.2, -0.15) is 18.3 Å². The van der Waals surface area contributed by atoms with Crippen molar-refractivity contribution in [3.05, 3.63) is 56.1 Å². The number of carbonyl (C=O) groups is 3. The van der Waals surface area contributed by atoms with Gasteiger partial charge in [-0.3, -0.25) is 14.7 Å². The van der Waals surface area contributed by atoms with Gasteiger partial charge in [0.05, 0.1) is 11.4 Å². The largest absolute Gasteiger partial charge is 0.406 e. The molecule has 3 aliphatic heterocycles. The minimum absolute atomic E-state index is 0.0415. The van der Waals surface area contributed by atoms with Gasteiger partial charge in [-0.1, -0.05) is 18.2 Å². The molecule has 1 atom stereocenters. The van der Waals surface area contributed by atoms with Crippen LogP contribution in [0.25, 0.3) is 10.9 Å². The van der Waals surface area contributed by atoms with Crippen LogP contribution in [-0.2, 0) is 29.0 Å². The molecule has 1 fully saturated rings. The molecule has 43 heavy (non-hydrogen) atoms. The molecule has 0 radical (unpaired) electrons. The van der Waals surface area contributed by atoms with Crippen molar-refractivity contribution in [2.24, 2.45) is 5.92 Å². The Hall–Kier alpha value is -3.13. The maximum atomic E-state index is 13.6. The molecule has 1 saturated heterocycles. The Morgan fingerprint density at radius 2 is 1.81 bits per heavy atom. The first-order chi connectivity index (χ1) is 20.5. The summed E-state index contributed by atoms with van der Waals surface area (Å²) in [6.45, 7) is -0.276. The Morgan fingerprint density at radius 3 is 2.56 bits per heavy atom. The maximum absolute atomic E-state index is 13.6. The van der Waals surface area contributed by atoms with Crippen molar-refractivity contribution in [3.8, 4) is 0 Å². The molecule has 1 unspecified atom stereocenters. The summed E-state index contributed by atoms with van der Waals surface area (Å²) in [6, 6.07) is 9.30. The number of rotatable bonds is 4. The minimum Gasteiger partial charge on any atom is -0.343 e. The zero-order chi connectivity index (χ0) is 30.5. The summed E-state index contributed by atoms with van der Waals surface area (Å²) in [6.07, 6.45) is -2.77. The third kappa shape index (κ3) is 6.13. The van der Waals surface area contributed by atoms with Crippen molar-refractivity contribution in [1.29, 1.82) is 0 Å². The number of nitrogens with one attached hydrogen (secondary N) is 2. The Labute approximate surface area is 262 Å². The van der Waals surface area contributed by atoms with Crippen molar-refractivity contribution in [1.82, 2.24) is 24.9 Å². The summed E-state index contributed by atoms with van der Waals surface area (Å²) in [4.78, 5) is 44.3. The fourth-order valence-electron chi connectivity index (χ4n) is 6.50. The van der Waals surface area contributed by atoms with Gasteiger partial charge in [0.15, 0.2) is 0 Å². The number of carbonyl (C=O) groups excluding carboxylic acids is 3. The number of hydrogen-bond acceptors (Lipinski definition) is 4. The Kier molecular flexibility index (Phi) is 8.18. The van der Waals surface area contributed by atoms with Gasteiger partial charge in [-0.25, -0.2) is 4.79 Å². The van der Waals surface area contributed by atoms with Crippen molar-refractivity contribution in [2.75, 3.05) is 31.5 Å². The smallest absolute Gasteiger partial charge is 0.343 e. The molecule has 0 spiro atoms. The molecule has 6 rings (SSSR count). The highest BCUT2D eigenvalue weighted by atomic mass is 79.9. The number of nitrogens with zero attached hydrogens (tertiary/aromatic N) is 4. The Bertz CT molecular complexity index is 1590. The van der Waals surface area contributed by atoms with Crippen LogP contribution in [0.15, 0.2) is 39.4 Å². The summed E-state index contributed by atoms with van der Waals surface area (Å²) in [5, 5.41) is 10.6. The van der Waals surface area contributed by atoms with Crippen LogP contribution < -0.4 is 5.32 Å². The number of H-pyrrole nitrogens is 1. The quantitative estimate of drug-likeness (QED) is 0.365. The van der Waals surface area contributed by atoms with E-state index >= 15 is 0 Å². The number of likely N-dealkylation sites (tertiary alicyclic amines) is 1. The van der Waals surface area contributed by atoms with Gasteiger partial charge in [-0.15, -0.1) is 0 Å². The first kappa shape index (κ1) is 29.9. The summed E-state index contributed by atoms with van der Waals surface area (Å²) in [7, 11) is 0. The van der Waals surface area contributed by atoms with Gasteiger partial charge >= 0.3 is 12.2 Å². The number of fused-ring (bicyclic) bond motifs is 4. The number of para-hydroxylation sites is 1. The average molecular weight is 726 g/mol. The van der Waals surface area contributed by atoms with Crippen LogP contribution >= 0.6 is 31.9 Å². The summed E-state index contributed by atoms with van der Waals surface area (Å²) >= 11 is 6.89. The van der Waals surface area contributed by atoms with Crippen LogP contribution in [0.2, 0.25) is 0 Å². The van der Waals surface area contributed by atoms with E-state index in [1.807, 2.05) is 29.2 Å². The number of alkyl halides is 3. The van der Waals surface area contributed by atoms with E-state index in [0.717, 1.165) is 22.6 Å². The van der Waals surface area contributed by atoms with E-state index in [9.17, 15) is 27.6 Å². The predicted molar refractivity (Wildman–Crippen MR) is 160 cm³/mol. The molecule has 4 amide bonds. The highest BCUT2D eigenvalue weighted by Crippen LogP contribution is 2.38. The maximum Gasteiger partial charge on any atom is 0.406 e. The average Bonchev–Trinajstić information content (AvgIpc) is 3.20. The molecule has 4 heterocycles. The predicted octanol–water partition coefficient (Wildman–Crippen LogP) is 5.62. The van der Waals surface area contributed by atoms with E-state index in [-0.39, 0.29) is 37.4 Å². The van der Waals surface area contributed by atoms with E-state index < -0.39 is 24.5 Å². The standard InChI is InChI=1S/C29H29Br2F3N6O3/c30-21-12-17-11-18(27(42)39(15-29(32,33)34)14-20(17)24-25(21)36-37-26(24)31)13-23(41)38-8-6-19(7-9-38)40-10-5-16-3-1-2-4-22(16)35-28(40)43/h1-4,12,18-19H,5-11,13-15H2,(H,35,43)(H,36,37). The molecule has 228 valence electrons. The number of halogens is 5. The second-order valence-corrected chi connectivity index (χ2v) is 12.9. The number of hydrogen-bond donors (Lipinski definition) is 2. The SMILES string of the molecule is O=C(CC1Cc2cc(Br)c3[nH]nc(Br)c3c2CN(CC(F)(F)F)C1=O)N1CCC(N2CCc3ccccc3NC2=O)CC1. The van der Waals surface area contributed by atoms with Crippen molar-refractivity contribution >= 4 is 66.3 Å². The lowest BCUT2D eigenvalue weighted by molar-refractivity contribution is -0.165. The highest BCUT2D eigenvalue weighted by molar-refractivity contribution is 9.11. The molecule has 0 bridgehead atoms. The normalized spacial score (nSPS) is 20.0. The van der Waals surface area contributed by atoms with Crippen molar-refractivity contribution in [2.45, 2.75) is 50.9 Å². The molecule has 3 aromatic rings. The highest BCUT2D eigenvalue weighted by Gasteiger charge is 2.40. The minimum atomic E-state index is -4.60. The monoisotopic (exact) mass is 724 g/mol. The van der Waals surface area contributed by atoms with E-state index in [0.29, 0.717) is 63.6 Å². The number of amides is 4. The van der Waals surface area contributed by atoms with Crippen LogP contribution in [0.3, 0.4) is 0 Å². The Balaban J connectivity index is 1.16. The van der Waals surface area contributed by atoms with Gasteiger partial charge in [0.25, 0.3) is 0 Å². The number of benzene rings is 2. The lowest BCUT2D eigenvalue weighted by Gasteiger charge is -2.38. The number of anilines is 1. The molecule has 1 aromatic heterocycles. The molecule has 2 N–H and O–H groups in total. The topological polar surface area (TPSA) is 102 Å².